The SMILES string of the molecule is O=[N+]([O-])c1cc([N+](=O)[O-])c(-c2cc(Cl)c([N+](=O)[O-])cc2[N+](=O)[O-])cc1Cl. The van der Waals surface area contributed by atoms with Crippen LogP contribution < -0.4 is 0 Å². The average molecular weight is 403 g/mol. The minimum absolute atomic E-state index is 0.450. The van der Waals surface area contributed by atoms with Crippen LogP contribution in [0.1, 0.15) is 0 Å². The van der Waals surface area contributed by atoms with Crippen molar-refractivity contribution in [3.05, 3.63) is 74.8 Å². The second kappa shape index (κ2) is 6.85. The van der Waals surface area contributed by atoms with E-state index in [1.807, 2.05) is 0 Å². The van der Waals surface area contributed by atoms with E-state index in [2.05, 4.69) is 0 Å². The van der Waals surface area contributed by atoms with Crippen LogP contribution in [0.3, 0.4) is 0 Å². The Hall–Kier alpha value is -3.38. The summed E-state index contributed by atoms with van der Waals surface area (Å²) in [7, 11) is 0. The van der Waals surface area contributed by atoms with E-state index >= 15 is 0 Å². The maximum Gasteiger partial charge on any atom is 0.294 e. The van der Waals surface area contributed by atoms with Gasteiger partial charge in [-0.25, -0.2) is 0 Å². The van der Waals surface area contributed by atoms with Crippen molar-refractivity contribution < 1.29 is 19.7 Å². The first kappa shape index (κ1) is 19.0. The molecule has 0 aliphatic carbocycles. The average Bonchev–Trinajstić information content (AvgIpc) is 2.52. The van der Waals surface area contributed by atoms with Crippen molar-refractivity contribution in [3.63, 3.8) is 0 Å². The van der Waals surface area contributed by atoms with Gasteiger partial charge in [0.15, 0.2) is 0 Å². The molecule has 0 fully saturated rings. The number of nitro groups is 4. The van der Waals surface area contributed by atoms with Crippen LogP contribution in [-0.2, 0) is 0 Å². The predicted molar refractivity (Wildman–Crippen MR) is 88.5 cm³/mol. The Bertz CT molecular complexity index is 914. The molecule has 0 atom stereocenters. The van der Waals surface area contributed by atoms with Gasteiger partial charge in [-0.2, -0.15) is 0 Å². The molecule has 0 N–H and O–H groups in total. The van der Waals surface area contributed by atoms with E-state index in [-0.39, 0.29) is 0 Å². The van der Waals surface area contributed by atoms with E-state index in [4.69, 9.17) is 23.2 Å². The highest BCUT2D eigenvalue weighted by atomic mass is 35.5. The zero-order chi connectivity index (χ0) is 19.8. The third-order valence-electron chi connectivity index (χ3n) is 3.21. The van der Waals surface area contributed by atoms with E-state index in [0.29, 0.717) is 12.1 Å². The fourth-order valence-electron chi connectivity index (χ4n) is 2.11. The number of halogens is 2. The third-order valence-corrected chi connectivity index (χ3v) is 3.81. The Morgan fingerprint density at radius 1 is 0.538 bits per heavy atom. The summed E-state index contributed by atoms with van der Waals surface area (Å²) in [5.74, 6) is 0. The number of benzene rings is 2. The lowest BCUT2D eigenvalue weighted by Crippen LogP contribution is -2.00. The summed E-state index contributed by atoms with van der Waals surface area (Å²) in [6.07, 6.45) is 0. The summed E-state index contributed by atoms with van der Waals surface area (Å²) in [6, 6.07) is 2.66. The van der Waals surface area contributed by atoms with Gasteiger partial charge < -0.3 is 0 Å². The lowest BCUT2D eigenvalue weighted by molar-refractivity contribution is -0.395. The largest absolute Gasteiger partial charge is 0.294 e. The fourth-order valence-corrected chi connectivity index (χ4v) is 2.58. The smallest absolute Gasteiger partial charge is 0.258 e. The van der Waals surface area contributed by atoms with Crippen LogP contribution >= 0.6 is 23.2 Å². The van der Waals surface area contributed by atoms with Crippen molar-refractivity contribution in [2.75, 3.05) is 0 Å². The summed E-state index contributed by atoms with van der Waals surface area (Å²) in [6.45, 7) is 0. The van der Waals surface area contributed by atoms with Gasteiger partial charge in [-0.15, -0.1) is 0 Å². The maximum absolute atomic E-state index is 11.3. The van der Waals surface area contributed by atoms with E-state index < -0.39 is 63.6 Å². The van der Waals surface area contributed by atoms with Gasteiger partial charge in [0.25, 0.3) is 22.7 Å². The molecule has 0 bridgehead atoms. The summed E-state index contributed by atoms with van der Waals surface area (Å²) >= 11 is 11.5. The summed E-state index contributed by atoms with van der Waals surface area (Å²) in [5, 5.41) is 43.2. The molecule has 0 aromatic heterocycles. The maximum atomic E-state index is 11.3. The van der Waals surface area contributed by atoms with Crippen molar-refractivity contribution in [1.29, 1.82) is 0 Å². The van der Waals surface area contributed by atoms with E-state index in [1.165, 1.54) is 0 Å². The molecule has 134 valence electrons. The first-order valence-electron chi connectivity index (χ1n) is 6.29. The lowest BCUT2D eigenvalue weighted by Gasteiger charge is -2.07. The van der Waals surface area contributed by atoms with Crippen LogP contribution in [-0.4, -0.2) is 19.7 Å². The molecule has 0 saturated carbocycles. The van der Waals surface area contributed by atoms with E-state index in [9.17, 15) is 40.5 Å². The summed E-state index contributed by atoms with van der Waals surface area (Å²) in [5.41, 5.74) is -4.16. The zero-order valence-corrected chi connectivity index (χ0v) is 13.6. The Morgan fingerprint density at radius 2 is 0.808 bits per heavy atom. The number of hydrogen-bond donors (Lipinski definition) is 0. The molecule has 0 heterocycles. The monoisotopic (exact) mass is 402 g/mol. The zero-order valence-electron chi connectivity index (χ0n) is 12.1. The number of rotatable bonds is 5. The molecule has 2 aromatic rings. The van der Waals surface area contributed by atoms with Crippen LogP contribution in [0, 0.1) is 40.5 Å². The van der Waals surface area contributed by atoms with Crippen molar-refractivity contribution in [2.24, 2.45) is 0 Å². The molecule has 2 rings (SSSR count). The van der Waals surface area contributed by atoms with Gasteiger partial charge in [0, 0.05) is 0 Å². The Kier molecular flexibility index (Phi) is 5.00. The highest BCUT2D eigenvalue weighted by Crippen LogP contribution is 2.44. The van der Waals surface area contributed by atoms with Crippen molar-refractivity contribution in [2.45, 2.75) is 0 Å². The molecule has 0 spiro atoms. The molecule has 0 amide bonds. The molecular weight excluding hydrogens is 399 g/mol. The van der Waals surface area contributed by atoms with Crippen LogP contribution in [0.5, 0.6) is 0 Å². The van der Waals surface area contributed by atoms with Crippen LogP contribution in [0.4, 0.5) is 22.7 Å². The van der Waals surface area contributed by atoms with Gasteiger partial charge in [0.05, 0.1) is 43.0 Å². The molecule has 2 aromatic carbocycles. The van der Waals surface area contributed by atoms with Crippen LogP contribution in [0.25, 0.3) is 11.1 Å². The predicted octanol–water partition coefficient (Wildman–Crippen LogP) is 4.29. The molecule has 0 aliphatic rings. The number of hydrogen-bond acceptors (Lipinski definition) is 8. The molecular formula is C12H4Cl2N4O8. The molecule has 0 radical (unpaired) electrons. The normalized spacial score (nSPS) is 10.4. The molecule has 14 heteroatoms. The first-order valence-corrected chi connectivity index (χ1v) is 7.05. The van der Waals surface area contributed by atoms with Gasteiger partial charge in [-0.3, -0.25) is 40.5 Å². The third kappa shape index (κ3) is 3.36. The van der Waals surface area contributed by atoms with Gasteiger partial charge >= 0.3 is 0 Å². The van der Waals surface area contributed by atoms with Gasteiger partial charge in [-0.1, -0.05) is 23.2 Å². The van der Waals surface area contributed by atoms with Crippen molar-refractivity contribution in [1.82, 2.24) is 0 Å². The van der Waals surface area contributed by atoms with Gasteiger partial charge in [0.1, 0.15) is 10.0 Å². The highest BCUT2D eigenvalue weighted by Gasteiger charge is 2.31. The van der Waals surface area contributed by atoms with Crippen molar-refractivity contribution >= 4 is 46.0 Å². The van der Waals surface area contributed by atoms with Gasteiger partial charge in [-0.05, 0) is 12.1 Å². The fraction of sp³-hybridized carbons (Fsp3) is 0. The molecule has 0 unspecified atom stereocenters. The second-order valence-corrected chi connectivity index (χ2v) is 5.48. The Morgan fingerprint density at radius 3 is 1.04 bits per heavy atom. The number of nitro benzene ring substituents is 4. The van der Waals surface area contributed by atoms with Crippen LogP contribution in [0.2, 0.25) is 10.0 Å². The van der Waals surface area contributed by atoms with E-state index in [0.717, 1.165) is 12.1 Å². The molecule has 12 nitrogen and oxygen atoms in total. The van der Waals surface area contributed by atoms with E-state index in [1.54, 1.807) is 0 Å². The minimum Gasteiger partial charge on any atom is -0.258 e. The number of nitrogens with zero attached hydrogens (tertiary/aromatic N) is 4. The molecule has 0 aliphatic heterocycles. The Labute approximate surface area is 152 Å². The van der Waals surface area contributed by atoms with Gasteiger partial charge in [0.2, 0.25) is 0 Å². The second-order valence-electron chi connectivity index (χ2n) is 4.67. The quantitative estimate of drug-likeness (QED) is 0.525. The Balaban J connectivity index is 2.91. The standard InChI is InChI=1S/C12H4Cl2N4O8/c13-7-1-5(9(15(19)20)3-11(7)17(23)24)6-2-8(14)12(18(25)26)4-10(6)16(21)22/h1-4H. The summed E-state index contributed by atoms with van der Waals surface area (Å²) in [4.78, 5) is 40.3. The topological polar surface area (TPSA) is 173 Å². The lowest BCUT2D eigenvalue weighted by atomic mass is 10.0. The van der Waals surface area contributed by atoms with Crippen molar-refractivity contribution in [3.8, 4) is 11.1 Å². The molecule has 0 saturated heterocycles. The molecule has 26 heavy (non-hydrogen) atoms. The minimum atomic E-state index is -1.00. The summed E-state index contributed by atoms with van der Waals surface area (Å²) < 4.78 is 0. The highest BCUT2D eigenvalue weighted by molar-refractivity contribution is 6.34. The first-order chi connectivity index (χ1) is 12.0. The van der Waals surface area contributed by atoms with Crippen LogP contribution in [0.15, 0.2) is 24.3 Å².